The first-order chi connectivity index (χ1) is 9.47. The van der Waals surface area contributed by atoms with Crippen molar-refractivity contribution in [3.63, 3.8) is 0 Å². The van der Waals surface area contributed by atoms with Gasteiger partial charge in [-0.25, -0.2) is 0 Å². The lowest BCUT2D eigenvalue weighted by atomic mass is 10.3. The van der Waals surface area contributed by atoms with Crippen molar-refractivity contribution >= 4 is 49.1 Å². The molecule has 0 spiro atoms. The number of nitrogens with one attached hydrogen (secondary N) is 1. The van der Waals surface area contributed by atoms with Crippen LogP contribution in [-0.2, 0) is 0 Å². The third kappa shape index (κ3) is 3.64. The number of anilines is 3. The predicted octanol–water partition coefficient (Wildman–Crippen LogP) is 4.72. The second kappa shape index (κ2) is 6.45. The average molecular weight is 401 g/mol. The Morgan fingerprint density at radius 3 is 2.40 bits per heavy atom. The summed E-state index contributed by atoms with van der Waals surface area (Å²) in [4.78, 5) is 4.39. The van der Waals surface area contributed by atoms with Crippen LogP contribution < -0.4 is 15.8 Å². The molecule has 2 rings (SSSR count). The Morgan fingerprint density at radius 1 is 1.15 bits per heavy atom. The third-order valence-electron chi connectivity index (χ3n) is 2.45. The largest absolute Gasteiger partial charge is 0.473 e. The zero-order valence-electron chi connectivity index (χ0n) is 11.2. The summed E-state index contributed by atoms with van der Waals surface area (Å²) in [5, 5.41) is 3.24. The van der Waals surface area contributed by atoms with Gasteiger partial charge in [0.05, 0.1) is 17.5 Å². The molecule has 3 N–H and O–H groups in total. The van der Waals surface area contributed by atoms with Crippen molar-refractivity contribution in [1.29, 1.82) is 0 Å². The van der Waals surface area contributed by atoms with E-state index in [9.17, 15) is 0 Å². The number of halogens is 2. The van der Waals surface area contributed by atoms with Crippen LogP contribution in [0.4, 0.5) is 17.2 Å². The summed E-state index contributed by atoms with van der Waals surface area (Å²) in [5.74, 6) is 1.11. The van der Waals surface area contributed by atoms with Gasteiger partial charge in [-0.1, -0.05) is 6.07 Å². The second-order valence-corrected chi connectivity index (χ2v) is 6.19. The van der Waals surface area contributed by atoms with Crippen molar-refractivity contribution < 1.29 is 4.74 Å². The summed E-state index contributed by atoms with van der Waals surface area (Å²) >= 11 is 7.00. The van der Waals surface area contributed by atoms with E-state index in [0.717, 1.165) is 14.6 Å². The smallest absolute Gasteiger partial charge is 0.239 e. The van der Waals surface area contributed by atoms with E-state index < -0.39 is 0 Å². The van der Waals surface area contributed by atoms with Gasteiger partial charge in [-0.3, -0.25) is 0 Å². The minimum atomic E-state index is 0.0234. The molecule has 1 aromatic carbocycles. The van der Waals surface area contributed by atoms with E-state index in [0.29, 0.717) is 17.4 Å². The molecule has 0 saturated carbocycles. The molecule has 0 radical (unpaired) electrons. The molecule has 0 aliphatic rings. The Balaban J connectivity index is 2.30. The summed E-state index contributed by atoms with van der Waals surface area (Å²) in [7, 11) is 0. The molecule has 0 unspecified atom stereocenters. The monoisotopic (exact) mass is 399 g/mol. The Kier molecular flexibility index (Phi) is 4.88. The van der Waals surface area contributed by atoms with Crippen LogP contribution in [0.1, 0.15) is 13.8 Å². The number of nitrogen functional groups attached to an aromatic ring is 1. The standard InChI is InChI=1S/C14H15Br2N3O/c1-8(2)20-14-11(17)6-7-12(19-14)18-13-9(15)4-3-5-10(13)16/h3-8H,17H2,1-2H3,(H,18,19). The van der Waals surface area contributed by atoms with Crippen LogP contribution in [0.3, 0.4) is 0 Å². The highest BCUT2D eigenvalue weighted by atomic mass is 79.9. The van der Waals surface area contributed by atoms with Crippen molar-refractivity contribution in [3.05, 3.63) is 39.3 Å². The zero-order valence-corrected chi connectivity index (χ0v) is 14.3. The highest BCUT2D eigenvalue weighted by Crippen LogP contribution is 2.33. The zero-order chi connectivity index (χ0) is 14.7. The average Bonchev–Trinajstić information content (AvgIpc) is 2.37. The van der Waals surface area contributed by atoms with Crippen molar-refractivity contribution in [2.24, 2.45) is 0 Å². The molecule has 20 heavy (non-hydrogen) atoms. The predicted molar refractivity (Wildman–Crippen MR) is 89.5 cm³/mol. The summed E-state index contributed by atoms with van der Waals surface area (Å²) in [6, 6.07) is 9.45. The molecule has 106 valence electrons. The highest BCUT2D eigenvalue weighted by Gasteiger charge is 2.09. The molecule has 0 saturated heterocycles. The van der Waals surface area contributed by atoms with Crippen LogP contribution in [0, 0.1) is 0 Å². The number of ether oxygens (including phenoxy) is 1. The number of nitrogens with zero attached hydrogens (tertiary/aromatic N) is 1. The quantitative estimate of drug-likeness (QED) is 0.779. The molecule has 4 nitrogen and oxygen atoms in total. The Labute approximate surface area is 135 Å². The van der Waals surface area contributed by atoms with E-state index in [1.165, 1.54) is 0 Å². The molecule has 0 fully saturated rings. The van der Waals surface area contributed by atoms with Crippen molar-refractivity contribution in [3.8, 4) is 5.88 Å². The van der Waals surface area contributed by atoms with E-state index in [1.807, 2.05) is 38.1 Å². The maximum atomic E-state index is 5.86. The fourth-order valence-electron chi connectivity index (χ4n) is 1.58. The molecule has 2 aromatic rings. The first-order valence-electron chi connectivity index (χ1n) is 6.11. The first-order valence-corrected chi connectivity index (χ1v) is 7.70. The summed E-state index contributed by atoms with van der Waals surface area (Å²) in [6.45, 7) is 3.87. The van der Waals surface area contributed by atoms with Gasteiger partial charge in [0.15, 0.2) is 0 Å². The van der Waals surface area contributed by atoms with Crippen LogP contribution in [0.15, 0.2) is 39.3 Å². The molecule has 6 heteroatoms. The van der Waals surface area contributed by atoms with Gasteiger partial charge in [0.25, 0.3) is 0 Å². The van der Waals surface area contributed by atoms with Crippen LogP contribution in [0.25, 0.3) is 0 Å². The third-order valence-corrected chi connectivity index (χ3v) is 3.77. The fraction of sp³-hybridized carbons (Fsp3) is 0.214. The molecule has 1 aromatic heterocycles. The van der Waals surface area contributed by atoms with Crippen LogP contribution in [0.5, 0.6) is 5.88 Å². The molecule has 0 amide bonds. The van der Waals surface area contributed by atoms with Gasteiger partial charge in [0.1, 0.15) is 5.82 Å². The van der Waals surface area contributed by atoms with Gasteiger partial charge in [0, 0.05) is 8.95 Å². The van der Waals surface area contributed by atoms with Crippen molar-refractivity contribution in [2.75, 3.05) is 11.1 Å². The van der Waals surface area contributed by atoms with Crippen LogP contribution in [-0.4, -0.2) is 11.1 Å². The Hall–Kier alpha value is -1.27. The van der Waals surface area contributed by atoms with Gasteiger partial charge in [-0.2, -0.15) is 4.98 Å². The fourth-order valence-corrected chi connectivity index (χ4v) is 2.78. The van der Waals surface area contributed by atoms with Gasteiger partial charge in [0.2, 0.25) is 5.88 Å². The van der Waals surface area contributed by atoms with E-state index >= 15 is 0 Å². The van der Waals surface area contributed by atoms with E-state index in [2.05, 4.69) is 42.2 Å². The minimum Gasteiger partial charge on any atom is -0.473 e. The van der Waals surface area contributed by atoms with Gasteiger partial charge >= 0.3 is 0 Å². The number of hydrogen-bond acceptors (Lipinski definition) is 4. The normalized spacial score (nSPS) is 10.7. The Bertz CT molecular complexity index is 597. The number of aromatic nitrogens is 1. The van der Waals surface area contributed by atoms with Crippen molar-refractivity contribution in [1.82, 2.24) is 4.98 Å². The van der Waals surface area contributed by atoms with Gasteiger partial charge in [-0.15, -0.1) is 0 Å². The number of rotatable bonds is 4. The molecule has 1 heterocycles. The maximum absolute atomic E-state index is 5.86. The summed E-state index contributed by atoms with van der Waals surface area (Å²) < 4.78 is 7.47. The van der Waals surface area contributed by atoms with E-state index in [4.69, 9.17) is 10.5 Å². The SMILES string of the molecule is CC(C)Oc1nc(Nc2c(Br)cccc2Br)ccc1N. The minimum absolute atomic E-state index is 0.0234. The summed E-state index contributed by atoms with van der Waals surface area (Å²) in [5.41, 5.74) is 7.28. The molecule has 0 bridgehead atoms. The molecule has 0 atom stereocenters. The molecular formula is C14H15Br2N3O. The lowest BCUT2D eigenvalue weighted by Crippen LogP contribution is -2.09. The number of pyridine rings is 1. The topological polar surface area (TPSA) is 60.2 Å². The van der Waals surface area contributed by atoms with Crippen LogP contribution >= 0.6 is 31.9 Å². The lowest BCUT2D eigenvalue weighted by molar-refractivity contribution is 0.234. The number of hydrogen-bond donors (Lipinski definition) is 2. The van der Waals surface area contributed by atoms with Crippen LogP contribution in [0.2, 0.25) is 0 Å². The Morgan fingerprint density at radius 2 is 1.80 bits per heavy atom. The summed E-state index contributed by atoms with van der Waals surface area (Å²) in [6.07, 6.45) is 0.0234. The second-order valence-electron chi connectivity index (χ2n) is 4.48. The van der Waals surface area contributed by atoms with E-state index in [1.54, 1.807) is 6.07 Å². The first kappa shape index (κ1) is 15.1. The maximum Gasteiger partial charge on any atom is 0.239 e. The van der Waals surface area contributed by atoms with Crippen molar-refractivity contribution in [2.45, 2.75) is 20.0 Å². The molecule has 0 aliphatic heterocycles. The molecule has 0 aliphatic carbocycles. The molecular weight excluding hydrogens is 386 g/mol. The lowest BCUT2D eigenvalue weighted by Gasteiger charge is -2.14. The highest BCUT2D eigenvalue weighted by molar-refractivity contribution is 9.11. The van der Waals surface area contributed by atoms with Gasteiger partial charge < -0.3 is 15.8 Å². The number of benzene rings is 1. The number of nitrogens with two attached hydrogens (primary N) is 1. The van der Waals surface area contributed by atoms with Gasteiger partial charge in [-0.05, 0) is 70.0 Å². The van der Waals surface area contributed by atoms with E-state index in [-0.39, 0.29) is 6.10 Å². The number of para-hydroxylation sites is 1.